The highest BCUT2D eigenvalue weighted by atomic mass is 16.5. The first-order valence-electron chi connectivity index (χ1n) is 8.31. The highest BCUT2D eigenvalue weighted by molar-refractivity contribution is 5.90. The molecular formula is C17H26O4. The van der Waals surface area contributed by atoms with Gasteiger partial charge in [-0.2, -0.15) is 0 Å². The molecule has 0 bridgehead atoms. The third-order valence-electron chi connectivity index (χ3n) is 3.45. The maximum absolute atomic E-state index is 11.8. The molecule has 1 aliphatic carbocycles. The molecular weight excluding hydrogens is 268 g/mol. The average Bonchev–Trinajstić information content (AvgIpc) is 2.46. The van der Waals surface area contributed by atoms with E-state index in [1.165, 1.54) is 43.9 Å². The Morgan fingerprint density at radius 1 is 1.29 bits per heavy atom. The number of carboxylic acids is 1. The maximum atomic E-state index is 11.8. The van der Waals surface area contributed by atoms with E-state index in [-0.39, 0.29) is 18.0 Å². The zero-order valence-corrected chi connectivity index (χ0v) is 12.8. The van der Waals surface area contributed by atoms with Crippen molar-refractivity contribution in [1.82, 2.24) is 0 Å². The van der Waals surface area contributed by atoms with Crippen LogP contribution in [-0.4, -0.2) is 23.1 Å². The third kappa shape index (κ3) is 7.69. The van der Waals surface area contributed by atoms with Crippen molar-refractivity contribution in [3.05, 3.63) is 23.8 Å². The SMILES string of the molecule is [2H]C1(OC(=O)CCCCCCCCC)C=CC(C(=O)O)=CC1. The number of ether oxygens (including phenoxy) is 1. The first-order valence-corrected chi connectivity index (χ1v) is 7.81. The monoisotopic (exact) mass is 295 g/mol. The van der Waals surface area contributed by atoms with Crippen LogP contribution in [0.2, 0.25) is 0 Å². The number of rotatable bonds is 10. The normalized spacial score (nSPS) is 21.6. The summed E-state index contributed by atoms with van der Waals surface area (Å²) in [7, 11) is 0. The number of aliphatic carboxylic acids is 1. The van der Waals surface area contributed by atoms with Crippen LogP contribution in [0.1, 0.15) is 66.1 Å². The minimum Gasteiger partial charge on any atom is -0.478 e. The van der Waals surface area contributed by atoms with Crippen molar-refractivity contribution < 1.29 is 20.8 Å². The number of unbranched alkanes of at least 4 members (excludes halogenated alkanes) is 6. The molecule has 0 saturated heterocycles. The summed E-state index contributed by atoms with van der Waals surface area (Å²) in [6.07, 6.45) is 10.9. The second-order valence-corrected chi connectivity index (χ2v) is 5.31. The Balaban J connectivity index is 2.20. The minimum absolute atomic E-state index is 0.0773. The van der Waals surface area contributed by atoms with Crippen molar-refractivity contribution in [2.24, 2.45) is 0 Å². The van der Waals surface area contributed by atoms with E-state index in [1.807, 2.05) is 0 Å². The lowest BCUT2D eigenvalue weighted by atomic mass is 10.1. The van der Waals surface area contributed by atoms with Gasteiger partial charge in [0, 0.05) is 12.8 Å². The predicted octanol–water partition coefficient (Wildman–Crippen LogP) is 4.01. The van der Waals surface area contributed by atoms with Crippen LogP contribution < -0.4 is 0 Å². The molecule has 1 rings (SSSR count). The lowest BCUT2D eigenvalue weighted by molar-refractivity contribution is -0.146. The van der Waals surface area contributed by atoms with Gasteiger partial charge in [0.15, 0.2) is 0 Å². The van der Waals surface area contributed by atoms with Crippen LogP contribution in [0.5, 0.6) is 0 Å². The minimum atomic E-state index is -1.46. The van der Waals surface area contributed by atoms with E-state index in [9.17, 15) is 9.59 Å². The summed E-state index contributed by atoms with van der Waals surface area (Å²) in [6.45, 7) is 2.18. The zero-order chi connectivity index (χ0) is 16.4. The molecule has 1 atom stereocenters. The van der Waals surface area contributed by atoms with Crippen LogP contribution in [0.25, 0.3) is 0 Å². The van der Waals surface area contributed by atoms with Crippen LogP contribution in [0, 0.1) is 0 Å². The van der Waals surface area contributed by atoms with Gasteiger partial charge in [0.1, 0.15) is 6.08 Å². The molecule has 0 spiro atoms. The molecule has 1 N–H and O–H groups in total. The molecule has 0 heterocycles. The van der Waals surface area contributed by atoms with Crippen LogP contribution in [0.4, 0.5) is 0 Å². The van der Waals surface area contributed by atoms with Gasteiger partial charge in [-0.1, -0.05) is 51.5 Å². The lowest BCUT2D eigenvalue weighted by Crippen LogP contribution is -2.18. The molecule has 4 heteroatoms. The summed E-state index contributed by atoms with van der Waals surface area (Å²) in [6, 6.07) is 0. The molecule has 1 aliphatic rings. The smallest absolute Gasteiger partial charge is 0.335 e. The fourth-order valence-corrected chi connectivity index (χ4v) is 2.19. The summed E-state index contributed by atoms with van der Waals surface area (Å²) in [5.41, 5.74) is 0.131. The number of carbonyl (C=O) groups excluding carboxylic acids is 1. The lowest BCUT2D eigenvalue weighted by Gasteiger charge is -2.15. The molecule has 0 fully saturated rings. The fraction of sp³-hybridized carbons (Fsp3) is 0.647. The van der Waals surface area contributed by atoms with Crippen LogP contribution >= 0.6 is 0 Å². The summed E-state index contributed by atoms with van der Waals surface area (Å²) < 4.78 is 13.2. The average molecular weight is 295 g/mol. The topological polar surface area (TPSA) is 63.6 Å². The molecule has 4 nitrogen and oxygen atoms in total. The molecule has 0 aromatic carbocycles. The Kier molecular flexibility index (Phi) is 7.67. The van der Waals surface area contributed by atoms with Gasteiger partial charge < -0.3 is 9.84 Å². The highest BCUT2D eigenvalue weighted by Crippen LogP contribution is 2.15. The maximum Gasteiger partial charge on any atom is 0.335 e. The van der Waals surface area contributed by atoms with Crippen molar-refractivity contribution in [1.29, 1.82) is 0 Å². The van der Waals surface area contributed by atoms with Crippen molar-refractivity contribution in [2.45, 2.75) is 70.8 Å². The number of carbonyl (C=O) groups is 2. The summed E-state index contributed by atoms with van der Waals surface area (Å²) >= 11 is 0. The van der Waals surface area contributed by atoms with E-state index in [0.29, 0.717) is 6.42 Å². The standard InChI is InChI=1S/C17H26O4/c1-2-3-4-5-6-7-8-9-16(18)21-15-12-10-14(11-13-15)17(19)20/h10-12,15H,2-9,13H2,1H3,(H,19,20)/i15D. The first kappa shape index (κ1) is 15.8. The zero-order valence-electron chi connectivity index (χ0n) is 13.8. The van der Waals surface area contributed by atoms with Crippen LogP contribution in [0.15, 0.2) is 23.8 Å². The molecule has 0 aromatic rings. The van der Waals surface area contributed by atoms with E-state index >= 15 is 0 Å². The van der Waals surface area contributed by atoms with Crippen LogP contribution in [0.3, 0.4) is 0 Å². The van der Waals surface area contributed by atoms with Crippen molar-refractivity contribution in [2.75, 3.05) is 0 Å². The van der Waals surface area contributed by atoms with Gasteiger partial charge in [-0.3, -0.25) is 4.79 Å². The van der Waals surface area contributed by atoms with Gasteiger partial charge in [0.25, 0.3) is 0 Å². The predicted molar refractivity (Wildman–Crippen MR) is 82.0 cm³/mol. The van der Waals surface area contributed by atoms with Crippen molar-refractivity contribution in [3.8, 4) is 0 Å². The number of esters is 1. The van der Waals surface area contributed by atoms with Crippen molar-refractivity contribution >= 4 is 11.9 Å². The van der Waals surface area contributed by atoms with E-state index in [0.717, 1.165) is 19.3 Å². The summed E-state index contributed by atoms with van der Waals surface area (Å²) in [5, 5.41) is 8.82. The molecule has 0 saturated carbocycles. The number of carboxylic acid groups (broad SMARTS) is 1. The second-order valence-electron chi connectivity index (χ2n) is 5.31. The number of hydrogen-bond acceptors (Lipinski definition) is 3. The largest absolute Gasteiger partial charge is 0.478 e. The van der Waals surface area contributed by atoms with Crippen LogP contribution in [-0.2, 0) is 14.3 Å². The number of hydrogen-bond donors (Lipinski definition) is 1. The molecule has 1 unspecified atom stereocenters. The van der Waals surface area contributed by atoms with Gasteiger partial charge >= 0.3 is 11.9 Å². The Morgan fingerprint density at radius 3 is 2.52 bits per heavy atom. The molecule has 21 heavy (non-hydrogen) atoms. The first-order chi connectivity index (χ1) is 10.5. The Morgan fingerprint density at radius 2 is 1.95 bits per heavy atom. The molecule has 118 valence electrons. The third-order valence-corrected chi connectivity index (χ3v) is 3.45. The molecule has 0 aromatic heterocycles. The molecule has 0 amide bonds. The van der Waals surface area contributed by atoms with Gasteiger partial charge in [0.2, 0.25) is 0 Å². The summed E-state index contributed by atoms with van der Waals surface area (Å²) in [4.78, 5) is 22.5. The molecule has 0 aliphatic heterocycles. The van der Waals surface area contributed by atoms with Gasteiger partial charge in [-0.05, 0) is 18.6 Å². The van der Waals surface area contributed by atoms with E-state index in [4.69, 9.17) is 11.2 Å². The molecule has 0 radical (unpaired) electrons. The fourth-order valence-electron chi connectivity index (χ4n) is 2.19. The van der Waals surface area contributed by atoms with Crippen molar-refractivity contribution in [3.63, 3.8) is 0 Å². The quantitative estimate of drug-likeness (QED) is 0.488. The van der Waals surface area contributed by atoms with Gasteiger partial charge in [-0.25, -0.2) is 4.79 Å². The Bertz CT molecular complexity index is 442. The van der Waals surface area contributed by atoms with Gasteiger partial charge in [0.05, 0.1) is 6.94 Å². The Hall–Kier alpha value is -1.58. The Labute approximate surface area is 128 Å². The van der Waals surface area contributed by atoms with Gasteiger partial charge in [-0.15, -0.1) is 0 Å². The second kappa shape index (κ2) is 10.2. The van der Waals surface area contributed by atoms with E-state index in [1.54, 1.807) is 0 Å². The van der Waals surface area contributed by atoms with E-state index < -0.39 is 12.0 Å². The summed E-state index contributed by atoms with van der Waals surface area (Å²) in [5.74, 6) is -1.42. The highest BCUT2D eigenvalue weighted by Gasteiger charge is 2.15. The van der Waals surface area contributed by atoms with E-state index in [2.05, 4.69) is 6.92 Å².